The van der Waals surface area contributed by atoms with Crippen molar-refractivity contribution in [2.75, 3.05) is 0 Å². The second kappa shape index (κ2) is 12.7. The second-order valence-corrected chi connectivity index (χ2v) is 14.3. The molecule has 0 amide bonds. The maximum absolute atomic E-state index is 15.2. The number of aromatic hydroxyl groups is 2. The van der Waals surface area contributed by atoms with E-state index < -0.39 is 50.6 Å². The van der Waals surface area contributed by atoms with Crippen molar-refractivity contribution in [2.45, 2.75) is 93.9 Å². The highest BCUT2D eigenvalue weighted by Crippen LogP contribution is 2.66. The van der Waals surface area contributed by atoms with Crippen LogP contribution in [0.25, 0.3) is 5.76 Å². The lowest BCUT2D eigenvalue weighted by atomic mass is 9.38. The lowest BCUT2D eigenvalue weighted by molar-refractivity contribution is -0.177. The number of carbonyl (C=O) groups is 3. The first-order valence-electron chi connectivity index (χ1n) is 15.5. The molecule has 2 aliphatic carbocycles. The zero-order valence-corrected chi connectivity index (χ0v) is 27.8. The van der Waals surface area contributed by atoms with Gasteiger partial charge in [0.15, 0.2) is 28.8 Å². The Kier molecular flexibility index (Phi) is 10.1. The van der Waals surface area contributed by atoms with Crippen molar-refractivity contribution in [3.05, 3.63) is 76.9 Å². The number of carbonyl (C=O) groups excluding carboxylic acids is 3. The summed E-state index contributed by atoms with van der Waals surface area (Å²) in [6, 6.07) is 3.64. The normalized spacial score (nSPS) is 26.1. The highest BCUT2D eigenvalue weighted by atomic mass is 16.3. The lowest BCUT2D eigenvalue weighted by Crippen LogP contribution is -2.69. The van der Waals surface area contributed by atoms with Crippen molar-refractivity contribution in [3.8, 4) is 11.5 Å². The summed E-state index contributed by atoms with van der Waals surface area (Å²) in [6.45, 7) is 23.8. The van der Waals surface area contributed by atoms with Gasteiger partial charge in [-0.05, 0) is 116 Å². The van der Waals surface area contributed by atoms with Crippen LogP contribution in [-0.4, -0.2) is 32.7 Å². The Bertz CT molecular complexity index is 1480. The summed E-state index contributed by atoms with van der Waals surface area (Å²) in [5.41, 5.74) is -0.587. The maximum Gasteiger partial charge on any atom is 0.184 e. The van der Waals surface area contributed by atoms with Crippen molar-refractivity contribution in [1.82, 2.24) is 0 Å². The van der Waals surface area contributed by atoms with E-state index in [0.29, 0.717) is 19.3 Å². The van der Waals surface area contributed by atoms with Crippen molar-refractivity contribution in [2.24, 2.45) is 28.1 Å². The minimum Gasteiger partial charge on any atom is -0.506 e. The lowest BCUT2D eigenvalue weighted by Gasteiger charge is -2.60. The van der Waals surface area contributed by atoms with Crippen molar-refractivity contribution >= 4 is 23.1 Å². The monoisotopic (exact) mass is 602 g/mol. The molecule has 0 unspecified atom stereocenters. The SMILES string of the molecule is C=C(C)CC[C@H](C[C@]12C[C@H](CC=C(C)C)C(C)(C)[C@](CC=C(C)C)(C(=O)/C(=C(/O)c3ccc(O)c(O)c3)C1=O)C2=O)C(=C)C. The van der Waals surface area contributed by atoms with E-state index in [1.165, 1.54) is 12.1 Å². The Hall–Kier alpha value is -3.67. The topological polar surface area (TPSA) is 112 Å². The van der Waals surface area contributed by atoms with Crippen LogP contribution >= 0.6 is 0 Å². The van der Waals surface area contributed by atoms with Gasteiger partial charge in [0.1, 0.15) is 16.7 Å². The molecule has 6 heteroatoms. The Morgan fingerprint density at radius 1 is 0.955 bits per heavy atom. The van der Waals surface area contributed by atoms with Gasteiger partial charge in [0.2, 0.25) is 0 Å². The number of aliphatic hydroxyl groups is 1. The number of phenolic OH excluding ortho intramolecular Hbond substituents is 2. The summed E-state index contributed by atoms with van der Waals surface area (Å²) in [5, 5.41) is 31.7. The molecule has 2 fully saturated rings. The third kappa shape index (κ3) is 6.00. The highest BCUT2D eigenvalue weighted by Gasteiger charge is 2.74. The zero-order chi connectivity index (χ0) is 33.4. The first-order chi connectivity index (χ1) is 20.3. The number of rotatable bonds is 11. The minimum atomic E-state index is -1.62. The van der Waals surface area contributed by atoms with Gasteiger partial charge in [0.25, 0.3) is 0 Å². The summed E-state index contributed by atoms with van der Waals surface area (Å²) >= 11 is 0. The Labute approximate surface area is 263 Å². The Balaban J connectivity index is 2.45. The van der Waals surface area contributed by atoms with Gasteiger partial charge >= 0.3 is 0 Å². The van der Waals surface area contributed by atoms with E-state index in [2.05, 4.69) is 19.2 Å². The van der Waals surface area contributed by atoms with Gasteiger partial charge in [-0.2, -0.15) is 0 Å². The van der Waals surface area contributed by atoms with Crippen molar-refractivity contribution in [1.29, 1.82) is 0 Å². The number of allylic oxidation sites excluding steroid dienone is 7. The molecule has 4 atom stereocenters. The van der Waals surface area contributed by atoms with Crippen LogP contribution in [0.5, 0.6) is 11.5 Å². The quantitative estimate of drug-likeness (QED) is 0.0583. The molecule has 44 heavy (non-hydrogen) atoms. The molecule has 0 aromatic heterocycles. The smallest absolute Gasteiger partial charge is 0.184 e. The van der Waals surface area contributed by atoms with Crippen LogP contribution in [0.2, 0.25) is 0 Å². The van der Waals surface area contributed by atoms with Gasteiger partial charge in [-0.1, -0.05) is 54.9 Å². The zero-order valence-electron chi connectivity index (χ0n) is 27.8. The molecule has 3 N–H and O–H groups in total. The summed E-state index contributed by atoms with van der Waals surface area (Å²) in [5.74, 6) is -3.61. The van der Waals surface area contributed by atoms with Crippen LogP contribution in [0.1, 0.15) is 99.5 Å². The average Bonchev–Trinajstić information content (AvgIpc) is 2.91. The minimum absolute atomic E-state index is 0.00886. The number of hydrogen-bond acceptors (Lipinski definition) is 6. The molecule has 0 aliphatic heterocycles. The number of Topliss-reactive ketones (excluding diaryl/α,β-unsaturated/α-hetero) is 3. The molecule has 1 aromatic carbocycles. The first kappa shape index (κ1) is 34.8. The third-order valence-electron chi connectivity index (χ3n) is 10.1. The molecule has 2 bridgehead atoms. The predicted octanol–water partition coefficient (Wildman–Crippen LogP) is 8.76. The van der Waals surface area contributed by atoms with Crippen LogP contribution in [0.4, 0.5) is 0 Å². The Morgan fingerprint density at radius 2 is 1.57 bits per heavy atom. The Morgan fingerprint density at radius 3 is 2.09 bits per heavy atom. The summed E-state index contributed by atoms with van der Waals surface area (Å²) in [4.78, 5) is 44.9. The average molecular weight is 603 g/mol. The highest BCUT2D eigenvalue weighted by molar-refractivity contribution is 6.41. The molecule has 0 heterocycles. The fraction of sp³-hybridized carbons (Fsp3) is 0.500. The van der Waals surface area contributed by atoms with E-state index in [-0.39, 0.29) is 42.4 Å². The van der Waals surface area contributed by atoms with E-state index in [1.807, 2.05) is 61.5 Å². The van der Waals surface area contributed by atoms with Crippen LogP contribution < -0.4 is 0 Å². The van der Waals surface area contributed by atoms with Crippen molar-refractivity contribution < 1.29 is 29.7 Å². The van der Waals surface area contributed by atoms with Crippen molar-refractivity contribution in [3.63, 3.8) is 0 Å². The molecule has 0 radical (unpaired) electrons. The molecule has 0 saturated heterocycles. The molecular weight excluding hydrogens is 552 g/mol. The first-order valence-corrected chi connectivity index (χ1v) is 15.5. The molecule has 6 nitrogen and oxygen atoms in total. The van der Waals surface area contributed by atoms with Crippen LogP contribution in [0.3, 0.4) is 0 Å². The molecule has 2 saturated carbocycles. The van der Waals surface area contributed by atoms with Gasteiger partial charge in [-0.15, -0.1) is 6.58 Å². The van der Waals surface area contributed by atoms with Crippen LogP contribution in [-0.2, 0) is 14.4 Å². The summed E-state index contributed by atoms with van der Waals surface area (Å²) < 4.78 is 0. The van der Waals surface area contributed by atoms with E-state index in [0.717, 1.165) is 28.4 Å². The second-order valence-electron chi connectivity index (χ2n) is 14.3. The van der Waals surface area contributed by atoms with Crippen LogP contribution in [0, 0.1) is 28.1 Å². The largest absolute Gasteiger partial charge is 0.506 e. The van der Waals surface area contributed by atoms with Gasteiger partial charge in [0.05, 0.1) is 5.41 Å². The molecule has 2 aliphatic rings. The summed E-state index contributed by atoms with van der Waals surface area (Å²) in [7, 11) is 0. The van der Waals surface area contributed by atoms with E-state index in [9.17, 15) is 24.9 Å². The summed E-state index contributed by atoms with van der Waals surface area (Å²) in [6.07, 6.45) is 6.46. The van der Waals surface area contributed by atoms with Gasteiger partial charge in [0, 0.05) is 5.56 Å². The van der Waals surface area contributed by atoms with E-state index >= 15 is 4.79 Å². The number of ketones is 3. The van der Waals surface area contributed by atoms with E-state index in [4.69, 9.17) is 0 Å². The number of fused-ring (bicyclic) bond motifs is 2. The molecule has 238 valence electrons. The molecule has 3 rings (SSSR count). The maximum atomic E-state index is 15.2. The van der Waals surface area contributed by atoms with Gasteiger partial charge < -0.3 is 15.3 Å². The van der Waals surface area contributed by atoms with Crippen LogP contribution in [0.15, 0.2) is 71.4 Å². The third-order valence-corrected chi connectivity index (χ3v) is 10.1. The fourth-order valence-corrected chi connectivity index (χ4v) is 7.19. The van der Waals surface area contributed by atoms with Gasteiger partial charge in [-0.3, -0.25) is 14.4 Å². The molecular formula is C38H50O6. The number of hydrogen-bond donors (Lipinski definition) is 3. The van der Waals surface area contributed by atoms with E-state index in [1.54, 1.807) is 0 Å². The number of phenols is 2. The number of aliphatic hydroxyl groups excluding tert-OH is 1. The fourth-order valence-electron chi connectivity index (χ4n) is 7.19. The van der Waals surface area contributed by atoms with Gasteiger partial charge in [-0.25, -0.2) is 0 Å². The molecule has 0 spiro atoms. The number of benzene rings is 1. The predicted molar refractivity (Wildman–Crippen MR) is 176 cm³/mol. The standard InChI is InChI=1S/C38H50O6/c1-22(2)11-13-27(25(7)8)20-37-21-28(15-12-23(3)4)36(9,10)38(35(37)44,18-17-24(5)6)34(43)31(33(37)42)32(41)26-14-16-29(39)30(40)19-26/h12,14,16-17,19,27-28,39-41H,1,7,11,13,15,18,20-21H2,2-6,8-10H3/b32-31+/t27-,28+,37+,38-/m1/s1. The molecule has 1 aromatic rings.